The second kappa shape index (κ2) is 9.61. The van der Waals surface area contributed by atoms with E-state index < -0.39 is 6.04 Å². The van der Waals surface area contributed by atoms with Gasteiger partial charge >= 0.3 is 0 Å². The molecule has 0 radical (unpaired) electrons. The maximum Gasteiger partial charge on any atom is 0.243 e. The van der Waals surface area contributed by atoms with Gasteiger partial charge in [0.2, 0.25) is 11.9 Å². The number of benzene rings is 2. The van der Waals surface area contributed by atoms with Crippen LogP contribution in [-0.4, -0.2) is 27.2 Å². The first-order chi connectivity index (χ1) is 13.6. The summed E-state index contributed by atoms with van der Waals surface area (Å²) in [6.45, 7) is 2.34. The second-order valence-corrected chi connectivity index (χ2v) is 7.64. The van der Waals surface area contributed by atoms with Crippen molar-refractivity contribution in [1.29, 1.82) is 0 Å². The van der Waals surface area contributed by atoms with Crippen molar-refractivity contribution in [3.05, 3.63) is 70.7 Å². The highest BCUT2D eigenvalue weighted by Crippen LogP contribution is 2.28. The van der Waals surface area contributed by atoms with Gasteiger partial charge in [0.05, 0.1) is 0 Å². The van der Waals surface area contributed by atoms with Crippen molar-refractivity contribution in [2.45, 2.75) is 30.3 Å². The average Bonchev–Trinajstić information content (AvgIpc) is 3.08. The first-order valence-electron chi connectivity index (χ1n) is 8.94. The topological polar surface area (TPSA) is 85.8 Å². The molecule has 28 heavy (non-hydrogen) atoms. The molecular formula is C20H22ClN5OS. The van der Waals surface area contributed by atoms with Crippen LogP contribution in [0.25, 0.3) is 0 Å². The van der Waals surface area contributed by atoms with Gasteiger partial charge in [-0.05, 0) is 30.5 Å². The highest BCUT2D eigenvalue weighted by molar-refractivity contribution is 7.98. The number of hydrogen-bond acceptors (Lipinski definition) is 5. The number of carbonyl (C=O) groups is 1. The van der Waals surface area contributed by atoms with Crippen LogP contribution < -0.4 is 11.1 Å². The number of hydrogen-bond donors (Lipinski definition) is 2. The number of carbonyl (C=O) groups excluding carboxylic acids is 1. The van der Waals surface area contributed by atoms with Crippen LogP contribution in [0.5, 0.6) is 0 Å². The minimum atomic E-state index is -0.514. The Morgan fingerprint density at radius 1 is 1.18 bits per heavy atom. The zero-order valence-corrected chi connectivity index (χ0v) is 17.1. The monoisotopic (exact) mass is 415 g/mol. The molecule has 6 nitrogen and oxygen atoms in total. The number of rotatable bonds is 8. The van der Waals surface area contributed by atoms with Crippen molar-refractivity contribution < 1.29 is 4.79 Å². The summed E-state index contributed by atoms with van der Waals surface area (Å²) in [5.41, 5.74) is 8.13. The predicted octanol–water partition coefficient (Wildman–Crippen LogP) is 3.73. The average molecular weight is 416 g/mol. The van der Waals surface area contributed by atoms with E-state index in [0.29, 0.717) is 22.5 Å². The SMILES string of the molecule is CC(C(=O)NCCc1ccccc1)n1c(N)nnc1SCc1ccccc1Cl. The Morgan fingerprint density at radius 3 is 2.64 bits per heavy atom. The highest BCUT2D eigenvalue weighted by atomic mass is 35.5. The highest BCUT2D eigenvalue weighted by Gasteiger charge is 2.22. The number of nitrogens with two attached hydrogens (primary N) is 1. The largest absolute Gasteiger partial charge is 0.368 e. The number of nitrogens with zero attached hydrogens (tertiary/aromatic N) is 3. The predicted molar refractivity (Wildman–Crippen MR) is 113 cm³/mol. The Bertz CT molecular complexity index is 931. The first kappa shape index (κ1) is 20.2. The molecule has 3 N–H and O–H groups in total. The number of anilines is 1. The lowest BCUT2D eigenvalue weighted by molar-refractivity contribution is -0.123. The Labute approximate surface area is 173 Å². The molecule has 1 amide bonds. The maximum absolute atomic E-state index is 12.6. The van der Waals surface area contributed by atoms with E-state index in [0.717, 1.165) is 12.0 Å². The number of thioether (sulfide) groups is 1. The van der Waals surface area contributed by atoms with Crippen molar-refractivity contribution in [3.63, 3.8) is 0 Å². The summed E-state index contributed by atoms with van der Waals surface area (Å²) in [6.07, 6.45) is 0.769. The summed E-state index contributed by atoms with van der Waals surface area (Å²) in [7, 11) is 0. The molecule has 2 aromatic carbocycles. The third-order valence-electron chi connectivity index (χ3n) is 4.33. The van der Waals surface area contributed by atoms with Crippen LogP contribution in [0.1, 0.15) is 24.1 Å². The summed E-state index contributed by atoms with van der Waals surface area (Å²) < 4.78 is 1.65. The third kappa shape index (κ3) is 5.05. The van der Waals surface area contributed by atoms with Gasteiger partial charge in [0, 0.05) is 17.3 Å². The van der Waals surface area contributed by atoms with Crippen molar-refractivity contribution in [2.24, 2.45) is 0 Å². The van der Waals surface area contributed by atoms with Gasteiger partial charge in [-0.3, -0.25) is 9.36 Å². The molecule has 0 fully saturated rings. The van der Waals surface area contributed by atoms with Gasteiger partial charge in [-0.25, -0.2) is 0 Å². The standard InChI is InChI=1S/C20H22ClN5OS/c1-14(18(27)23-12-11-15-7-3-2-4-8-15)26-19(22)24-25-20(26)28-13-16-9-5-6-10-17(16)21/h2-10,14H,11-13H2,1H3,(H2,22,24)(H,23,27). The molecule has 1 aromatic heterocycles. The van der Waals surface area contributed by atoms with E-state index in [1.807, 2.05) is 54.6 Å². The zero-order chi connectivity index (χ0) is 19.9. The molecule has 8 heteroatoms. The van der Waals surface area contributed by atoms with Crippen LogP contribution in [0.15, 0.2) is 59.8 Å². The minimum Gasteiger partial charge on any atom is -0.368 e. The minimum absolute atomic E-state index is 0.123. The van der Waals surface area contributed by atoms with Crippen molar-refractivity contribution >= 4 is 35.2 Å². The molecule has 146 valence electrons. The molecule has 0 aliphatic carbocycles. The lowest BCUT2D eigenvalue weighted by Crippen LogP contribution is -2.33. The van der Waals surface area contributed by atoms with E-state index in [1.54, 1.807) is 11.5 Å². The van der Waals surface area contributed by atoms with Crippen LogP contribution >= 0.6 is 23.4 Å². The van der Waals surface area contributed by atoms with E-state index in [1.165, 1.54) is 17.3 Å². The fraction of sp³-hybridized carbons (Fsp3) is 0.250. The molecule has 3 aromatic rings. The summed E-state index contributed by atoms with van der Waals surface area (Å²) in [5.74, 6) is 0.703. The van der Waals surface area contributed by atoms with E-state index >= 15 is 0 Å². The van der Waals surface area contributed by atoms with Gasteiger partial charge in [-0.2, -0.15) is 0 Å². The fourth-order valence-electron chi connectivity index (χ4n) is 2.75. The number of amides is 1. The van der Waals surface area contributed by atoms with Crippen molar-refractivity contribution in [2.75, 3.05) is 12.3 Å². The summed E-state index contributed by atoms with van der Waals surface area (Å²) >= 11 is 7.66. The van der Waals surface area contributed by atoms with Gasteiger partial charge in [-0.15, -0.1) is 10.2 Å². The Hall–Kier alpha value is -2.51. The number of nitrogen functional groups attached to an aromatic ring is 1. The first-order valence-corrected chi connectivity index (χ1v) is 10.3. The Kier molecular flexibility index (Phi) is 6.95. The van der Waals surface area contributed by atoms with Crippen LogP contribution in [0.2, 0.25) is 5.02 Å². The molecule has 1 atom stereocenters. The van der Waals surface area contributed by atoms with Gasteiger partial charge in [0.25, 0.3) is 0 Å². The molecular weight excluding hydrogens is 394 g/mol. The maximum atomic E-state index is 12.6. The van der Waals surface area contributed by atoms with Crippen LogP contribution in [0.3, 0.4) is 0 Å². The quantitative estimate of drug-likeness (QED) is 0.547. The lowest BCUT2D eigenvalue weighted by atomic mass is 10.1. The molecule has 0 aliphatic heterocycles. The molecule has 0 saturated heterocycles. The second-order valence-electron chi connectivity index (χ2n) is 6.29. The van der Waals surface area contributed by atoms with Crippen molar-refractivity contribution in [1.82, 2.24) is 20.1 Å². The van der Waals surface area contributed by atoms with E-state index in [4.69, 9.17) is 17.3 Å². The Balaban J connectivity index is 1.61. The fourth-order valence-corrected chi connectivity index (χ4v) is 4.06. The van der Waals surface area contributed by atoms with Gasteiger partial charge in [0.1, 0.15) is 6.04 Å². The molecule has 1 heterocycles. The van der Waals surface area contributed by atoms with Crippen LogP contribution in [-0.2, 0) is 17.0 Å². The summed E-state index contributed by atoms with van der Waals surface area (Å²) in [5, 5.41) is 12.3. The van der Waals surface area contributed by atoms with E-state index in [2.05, 4.69) is 15.5 Å². The molecule has 0 spiro atoms. The molecule has 3 rings (SSSR count). The van der Waals surface area contributed by atoms with Gasteiger partial charge in [0.15, 0.2) is 5.16 Å². The summed E-state index contributed by atoms with van der Waals surface area (Å²) in [6, 6.07) is 17.1. The molecule has 0 saturated carbocycles. The number of nitrogens with one attached hydrogen (secondary N) is 1. The molecule has 0 bridgehead atoms. The normalized spacial score (nSPS) is 11.9. The molecule has 0 aliphatic rings. The smallest absolute Gasteiger partial charge is 0.243 e. The third-order valence-corrected chi connectivity index (χ3v) is 5.69. The van der Waals surface area contributed by atoms with E-state index in [9.17, 15) is 4.79 Å². The van der Waals surface area contributed by atoms with Crippen LogP contribution in [0.4, 0.5) is 5.95 Å². The van der Waals surface area contributed by atoms with Crippen molar-refractivity contribution in [3.8, 4) is 0 Å². The Morgan fingerprint density at radius 2 is 1.89 bits per heavy atom. The lowest BCUT2D eigenvalue weighted by Gasteiger charge is -2.16. The number of halogens is 1. The van der Waals surface area contributed by atoms with Gasteiger partial charge in [-0.1, -0.05) is 71.9 Å². The summed E-state index contributed by atoms with van der Waals surface area (Å²) in [4.78, 5) is 12.6. The molecule has 1 unspecified atom stereocenters. The number of aromatic nitrogens is 3. The van der Waals surface area contributed by atoms with Gasteiger partial charge < -0.3 is 11.1 Å². The van der Waals surface area contributed by atoms with Crippen LogP contribution in [0, 0.1) is 0 Å². The van der Waals surface area contributed by atoms with E-state index in [-0.39, 0.29) is 11.9 Å². The zero-order valence-electron chi connectivity index (χ0n) is 15.5.